The first-order valence-corrected chi connectivity index (χ1v) is 12.4. The Kier molecular flexibility index (Phi) is 6.40. The van der Waals surface area contributed by atoms with Crippen molar-refractivity contribution in [2.75, 3.05) is 6.61 Å². The van der Waals surface area contributed by atoms with Crippen molar-refractivity contribution in [3.05, 3.63) is 63.5 Å². The van der Waals surface area contributed by atoms with E-state index in [-0.39, 0.29) is 6.04 Å². The molecule has 8 heteroatoms. The number of allylic oxidation sites excluding steroid dienone is 1. The van der Waals surface area contributed by atoms with E-state index in [1.165, 1.54) is 0 Å². The van der Waals surface area contributed by atoms with Crippen LogP contribution in [0.25, 0.3) is 22.6 Å². The van der Waals surface area contributed by atoms with Gasteiger partial charge in [0.05, 0.1) is 16.8 Å². The number of amides is 3. The van der Waals surface area contributed by atoms with Crippen LogP contribution in [-0.4, -0.2) is 35.5 Å². The average molecular weight is 476 g/mol. The van der Waals surface area contributed by atoms with Crippen molar-refractivity contribution in [3.8, 4) is 0 Å². The zero-order chi connectivity index (χ0) is 23.5. The maximum absolute atomic E-state index is 13.2. The highest BCUT2D eigenvalue weighted by Crippen LogP contribution is 2.38. The Hall–Kier alpha value is -3.52. The third kappa shape index (κ3) is 4.72. The van der Waals surface area contributed by atoms with E-state index in [0.29, 0.717) is 22.9 Å². The van der Waals surface area contributed by atoms with Gasteiger partial charge in [0, 0.05) is 16.3 Å². The van der Waals surface area contributed by atoms with Gasteiger partial charge in [-0.05, 0) is 60.4 Å². The number of aromatic nitrogens is 1. The molecule has 1 saturated carbocycles. The van der Waals surface area contributed by atoms with Crippen LogP contribution in [0.2, 0.25) is 0 Å². The summed E-state index contributed by atoms with van der Waals surface area (Å²) in [4.78, 5) is 43.4. The van der Waals surface area contributed by atoms with E-state index in [1.807, 2.05) is 41.8 Å². The molecule has 1 aromatic carbocycles. The van der Waals surface area contributed by atoms with E-state index in [0.717, 1.165) is 53.8 Å². The molecule has 2 aromatic heterocycles. The third-order valence-electron chi connectivity index (χ3n) is 6.28. The summed E-state index contributed by atoms with van der Waals surface area (Å²) >= 11 is 1.65. The Balaban J connectivity index is 1.34. The predicted octanol–water partition coefficient (Wildman–Crippen LogP) is 4.71. The lowest BCUT2D eigenvalue weighted by molar-refractivity contribution is -0.123. The van der Waals surface area contributed by atoms with E-state index < -0.39 is 24.5 Å². The molecule has 2 aliphatic carbocycles. The third-order valence-corrected chi connectivity index (χ3v) is 7.10. The van der Waals surface area contributed by atoms with E-state index in [9.17, 15) is 14.4 Å². The first-order chi connectivity index (χ1) is 16.6. The highest BCUT2D eigenvalue weighted by Gasteiger charge is 2.28. The van der Waals surface area contributed by atoms with Crippen LogP contribution in [0.4, 0.5) is 4.79 Å². The minimum absolute atomic E-state index is 0.0950. The molecule has 0 atom stereocenters. The summed E-state index contributed by atoms with van der Waals surface area (Å²) in [6, 6.07) is 11.0. The fourth-order valence-corrected chi connectivity index (χ4v) is 5.40. The second kappa shape index (κ2) is 9.77. The average Bonchev–Trinajstić information content (AvgIpc) is 3.60. The smallest absolute Gasteiger partial charge is 0.339 e. The van der Waals surface area contributed by atoms with Gasteiger partial charge in [0.2, 0.25) is 0 Å². The summed E-state index contributed by atoms with van der Waals surface area (Å²) in [5.74, 6) is -1.24. The molecule has 7 nitrogen and oxygen atoms in total. The van der Waals surface area contributed by atoms with Crippen molar-refractivity contribution < 1.29 is 19.1 Å². The van der Waals surface area contributed by atoms with Crippen molar-refractivity contribution in [2.45, 2.75) is 44.6 Å². The van der Waals surface area contributed by atoms with Crippen molar-refractivity contribution >= 4 is 51.8 Å². The second-order valence-corrected chi connectivity index (χ2v) is 9.57. The molecule has 0 bridgehead atoms. The first-order valence-electron chi connectivity index (χ1n) is 11.5. The monoisotopic (exact) mass is 475 g/mol. The fourth-order valence-electron chi connectivity index (χ4n) is 4.71. The number of benzene rings is 1. The molecule has 34 heavy (non-hydrogen) atoms. The van der Waals surface area contributed by atoms with Crippen LogP contribution in [-0.2, 0) is 16.0 Å². The maximum Gasteiger partial charge on any atom is 0.339 e. The molecule has 0 saturated heterocycles. The Labute approximate surface area is 201 Å². The van der Waals surface area contributed by atoms with E-state index in [2.05, 4.69) is 16.7 Å². The van der Waals surface area contributed by atoms with Crippen LogP contribution >= 0.6 is 11.3 Å². The summed E-state index contributed by atoms with van der Waals surface area (Å²) in [7, 11) is 0. The van der Waals surface area contributed by atoms with Gasteiger partial charge in [-0.15, -0.1) is 11.3 Å². The zero-order valence-corrected chi connectivity index (χ0v) is 19.5. The van der Waals surface area contributed by atoms with Gasteiger partial charge in [0.15, 0.2) is 6.61 Å². The molecule has 0 aliphatic heterocycles. The lowest BCUT2D eigenvalue weighted by atomic mass is 10.0. The van der Waals surface area contributed by atoms with Crippen LogP contribution in [0.3, 0.4) is 0 Å². The molecule has 0 spiro atoms. The number of rotatable bonds is 5. The number of ether oxygens (including phenoxy) is 1. The van der Waals surface area contributed by atoms with E-state index in [4.69, 9.17) is 9.72 Å². The van der Waals surface area contributed by atoms with Gasteiger partial charge < -0.3 is 10.1 Å². The number of nitrogens with one attached hydrogen (secondary N) is 2. The van der Waals surface area contributed by atoms with Gasteiger partial charge in [-0.25, -0.2) is 14.6 Å². The van der Waals surface area contributed by atoms with Gasteiger partial charge in [-0.1, -0.05) is 37.1 Å². The topological polar surface area (TPSA) is 97.4 Å². The van der Waals surface area contributed by atoms with Crippen LogP contribution in [0.5, 0.6) is 0 Å². The summed E-state index contributed by atoms with van der Waals surface area (Å²) in [5, 5.41) is 7.76. The molecule has 3 aromatic rings. The summed E-state index contributed by atoms with van der Waals surface area (Å²) in [6.07, 6.45) is 7.54. The minimum Gasteiger partial charge on any atom is -0.452 e. The molecule has 174 valence electrons. The lowest BCUT2D eigenvalue weighted by Gasteiger charge is -2.13. The van der Waals surface area contributed by atoms with Gasteiger partial charge in [0.1, 0.15) is 0 Å². The number of carbonyl (C=O) groups excluding carboxylic acids is 3. The number of thiophene rings is 1. The molecule has 2 heterocycles. The Morgan fingerprint density at radius 2 is 1.91 bits per heavy atom. The van der Waals surface area contributed by atoms with Gasteiger partial charge in [-0.3, -0.25) is 10.1 Å². The van der Waals surface area contributed by atoms with Gasteiger partial charge in [-0.2, -0.15) is 0 Å². The van der Waals surface area contributed by atoms with Crippen LogP contribution < -0.4 is 10.6 Å². The molecule has 2 aliphatic rings. The lowest BCUT2D eigenvalue weighted by Crippen LogP contribution is -2.45. The first kappa shape index (κ1) is 22.3. The van der Waals surface area contributed by atoms with Crippen LogP contribution in [0.15, 0.2) is 41.8 Å². The van der Waals surface area contributed by atoms with Crippen molar-refractivity contribution in [1.82, 2.24) is 15.6 Å². The number of hydrogen-bond donors (Lipinski definition) is 2. The summed E-state index contributed by atoms with van der Waals surface area (Å²) < 4.78 is 5.36. The zero-order valence-electron chi connectivity index (χ0n) is 18.6. The van der Waals surface area contributed by atoms with E-state index in [1.54, 1.807) is 11.3 Å². The van der Waals surface area contributed by atoms with Gasteiger partial charge in [0.25, 0.3) is 5.91 Å². The fraction of sp³-hybridized carbons (Fsp3) is 0.308. The molecule has 1 fully saturated rings. The normalized spacial score (nSPS) is 16.5. The van der Waals surface area contributed by atoms with Crippen LogP contribution in [0.1, 0.15) is 58.6 Å². The van der Waals surface area contributed by atoms with Crippen molar-refractivity contribution in [2.24, 2.45) is 0 Å². The molecule has 0 radical (unpaired) electrons. The number of nitrogens with zero attached hydrogens (tertiary/aromatic N) is 1. The number of fused-ring (bicyclic) bond motifs is 2. The number of urea groups is 1. The van der Waals surface area contributed by atoms with Gasteiger partial charge >= 0.3 is 12.0 Å². The minimum atomic E-state index is -0.655. The number of imide groups is 1. The largest absolute Gasteiger partial charge is 0.452 e. The second-order valence-electron chi connectivity index (χ2n) is 8.60. The van der Waals surface area contributed by atoms with Crippen molar-refractivity contribution in [3.63, 3.8) is 0 Å². The molecule has 5 rings (SSSR count). The Morgan fingerprint density at radius 3 is 2.71 bits per heavy atom. The Bertz CT molecular complexity index is 1280. The maximum atomic E-state index is 13.2. The molecular weight excluding hydrogens is 450 g/mol. The highest BCUT2D eigenvalue weighted by molar-refractivity contribution is 7.10. The van der Waals surface area contributed by atoms with Crippen LogP contribution in [0, 0.1) is 0 Å². The quantitative estimate of drug-likeness (QED) is 0.521. The molecule has 3 amide bonds. The number of esters is 1. The molecule has 0 unspecified atom stereocenters. The Morgan fingerprint density at radius 1 is 1.09 bits per heavy atom. The SMILES string of the molecule is O=C(COC(=O)c1c2c(nc3ccccc13)C(=Cc1cccs1)CC2)NC(=O)NC1CCCC1. The predicted molar refractivity (Wildman–Crippen MR) is 131 cm³/mol. The number of pyridine rings is 1. The summed E-state index contributed by atoms with van der Waals surface area (Å²) in [5.41, 5.74) is 3.87. The van der Waals surface area contributed by atoms with Crippen molar-refractivity contribution in [1.29, 1.82) is 0 Å². The molecule has 2 N–H and O–H groups in total. The highest BCUT2D eigenvalue weighted by atomic mass is 32.1. The van der Waals surface area contributed by atoms with E-state index >= 15 is 0 Å². The number of carbonyl (C=O) groups is 3. The standard InChI is InChI=1S/C26H25N3O4S/c30-22(29-26(32)27-17-6-1-2-7-17)15-33-25(31)23-19-9-3-4-10-21(19)28-24-16(11-12-20(23)24)14-18-8-5-13-34-18/h3-5,8-10,13-14,17H,1-2,6-7,11-12,15H2,(H2,27,29,30,32). The molecular formula is C26H25N3O4S. The number of para-hydroxylation sites is 1. The summed E-state index contributed by atoms with van der Waals surface area (Å²) in [6.45, 7) is -0.528. The number of hydrogen-bond acceptors (Lipinski definition) is 6.